The molecule has 286 valence electrons. The van der Waals surface area contributed by atoms with Crippen molar-refractivity contribution in [2.24, 2.45) is 5.16 Å². The zero-order valence-corrected chi connectivity index (χ0v) is 37.5. The summed E-state index contributed by atoms with van der Waals surface area (Å²) in [5.41, 5.74) is 4.18. The second-order valence-corrected chi connectivity index (χ2v) is 16.7. The normalized spacial score (nSPS) is 19.7. The van der Waals surface area contributed by atoms with Crippen LogP contribution in [0.3, 0.4) is 0 Å². The number of aromatic nitrogens is 2. The van der Waals surface area contributed by atoms with Gasteiger partial charge in [-0.15, -0.1) is 23.1 Å². The monoisotopic (exact) mass is 844 g/mol. The van der Waals surface area contributed by atoms with E-state index < -0.39 is 51.2 Å². The Morgan fingerprint density at radius 3 is 2.52 bits per heavy atom. The van der Waals surface area contributed by atoms with Gasteiger partial charge in [0.25, 0.3) is 5.91 Å². The van der Waals surface area contributed by atoms with Crippen LogP contribution in [0.2, 0.25) is 0 Å². The number of nitrogens with zero attached hydrogens (tertiary/aromatic N) is 5. The third kappa shape index (κ3) is 9.14. The summed E-state index contributed by atoms with van der Waals surface area (Å²) < 4.78 is 17.3. The van der Waals surface area contributed by atoms with E-state index in [0.29, 0.717) is 43.0 Å². The van der Waals surface area contributed by atoms with Gasteiger partial charge in [0.05, 0.1) is 45.8 Å². The molecule has 5 heterocycles. The maximum absolute atomic E-state index is 15.4. The quantitative estimate of drug-likeness (QED) is 0.0876. The maximum atomic E-state index is 15.4. The number of carboxylic acid groups (broad SMARTS) is 2. The van der Waals surface area contributed by atoms with Crippen molar-refractivity contribution in [2.75, 3.05) is 54.9 Å². The molecule has 1 aliphatic carbocycles. The first-order valence-corrected chi connectivity index (χ1v) is 20.0. The number of fused-ring (bicyclic) bond motifs is 2. The number of nitrogen functional groups attached to an aromatic ring is 1. The number of nitrogens with one attached hydrogen (secondary N) is 2. The van der Waals surface area contributed by atoms with Crippen molar-refractivity contribution in [1.29, 1.82) is 0 Å². The van der Waals surface area contributed by atoms with Crippen molar-refractivity contribution in [1.82, 2.24) is 25.1 Å². The van der Waals surface area contributed by atoms with Crippen LogP contribution in [0.15, 0.2) is 44.9 Å². The number of thioether (sulfide) groups is 2. The molecule has 7 rings (SSSR count). The number of carboxylic acids is 2. The molecule has 0 bridgehead atoms. The van der Waals surface area contributed by atoms with E-state index in [2.05, 4.69) is 20.8 Å². The molecule has 0 unspecified atom stereocenters. The van der Waals surface area contributed by atoms with Crippen LogP contribution in [0.4, 0.5) is 15.2 Å². The Labute approximate surface area is 376 Å². The molecule has 0 radical (unpaired) electrons. The van der Waals surface area contributed by atoms with Gasteiger partial charge in [-0.2, -0.15) is 0 Å². The fourth-order valence-electron chi connectivity index (χ4n) is 6.43. The standard InChI is InChI=1S/C34H37FN8O8S3.2Na/c1-34(2,32(49)50)51-40-25(22-15-54-33(36)39-22)28(45)38-21-12-43-26(30(46)47)16(13-52-29(21)43)14-53-31(48)19-11-42(17-3-4-17)23-10-24(41-7-5-37-6-8-41)20(35)9-18(23)27(19)44;;/h9-11,15,17,21,29,37H,3-8,12-14H2,1-2H3,(H2,36,39)(H,38,45)(H,46,47)(H,49,50);;/q;2*+1/p-2/t21-,29-;;/m1../s1. The van der Waals surface area contributed by atoms with E-state index in [9.17, 15) is 34.2 Å². The number of nitrogens with two attached hydrogens (primary N) is 1. The van der Waals surface area contributed by atoms with E-state index in [1.165, 1.54) is 37.1 Å². The third-order valence-electron chi connectivity index (χ3n) is 9.54. The van der Waals surface area contributed by atoms with Crippen molar-refractivity contribution in [3.05, 3.63) is 62.3 Å². The number of benzene rings is 1. The number of hydrogen-bond acceptors (Lipinski definition) is 17. The molecule has 2 atom stereocenters. The Hall–Kier alpha value is -2.66. The molecular formula is C34H35FN8Na2O8S3. The number of halogens is 1. The molecule has 0 spiro atoms. The Balaban J connectivity index is 0.00000300. The summed E-state index contributed by atoms with van der Waals surface area (Å²) in [7, 11) is 0. The molecule has 3 aromatic rings. The van der Waals surface area contributed by atoms with Crippen molar-refractivity contribution in [2.45, 2.75) is 49.7 Å². The summed E-state index contributed by atoms with van der Waals surface area (Å²) in [5, 5.41) is 34.3. The first kappa shape index (κ1) is 44.4. The minimum absolute atomic E-state index is 0. The molecule has 1 saturated carbocycles. The summed E-state index contributed by atoms with van der Waals surface area (Å²) in [6, 6.07) is 2.42. The number of aliphatic carboxylic acids is 2. The Morgan fingerprint density at radius 2 is 1.89 bits per heavy atom. The number of carbonyl (C=O) groups excluding carboxylic acids is 4. The predicted molar refractivity (Wildman–Crippen MR) is 198 cm³/mol. The molecule has 3 fully saturated rings. The van der Waals surface area contributed by atoms with Crippen LogP contribution < -0.4 is 96.0 Å². The number of carbonyl (C=O) groups is 4. The van der Waals surface area contributed by atoms with E-state index in [1.807, 2.05) is 9.47 Å². The van der Waals surface area contributed by atoms with Crippen molar-refractivity contribution < 1.29 is 97.7 Å². The average Bonchev–Trinajstić information content (AvgIpc) is 3.89. The zero-order valence-electron chi connectivity index (χ0n) is 31.1. The summed E-state index contributed by atoms with van der Waals surface area (Å²) in [5.74, 6) is -4.15. The summed E-state index contributed by atoms with van der Waals surface area (Å²) in [6.45, 7) is 5.16. The first-order valence-electron chi connectivity index (χ1n) is 17.1. The van der Waals surface area contributed by atoms with Gasteiger partial charge in [-0.05, 0) is 44.4 Å². The van der Waals surface area contributed by atoms with Gasteiger partial charge in [-0.3, -0.25) is 14.4 Å². The minimum Gasteiger partial charge on any atom is -0.546 e. The fraction of sp³-hybridized carbons (Fsp3) is 0.441. The van der Waals surface area contributed by atoms with Crippen LogP contribution in [0.5, 0.6) is 0 Å². The summed E-state index contributed by atoms with van der Waals surface area (Å²) in [4.78, 5) is 77.1. The predicted octanol–water partition coefficient (Wildman–Crippen LogP) is -6.37. The zero-order chi connectivity index (χ0) is 38.5. The van der Waals surface area contributed by atoms with Gasteiger partial charge in [-0.25, -0.2) is 9.37 Å². The number of anilines is 2. The van der Waals surface area contributed by atoms with Crippen molar-refractivity contribution >= 4 is 85.3 Å². The van der Waals surface area contributed by atoms with E-state index >= 15 is 4.39 Å². The van der Waals surface area contributed by atoms with Crippen LogP contribution in [0, 0.1) is 5.82 Å². The number of rotatable bonds is 12. The van der Waals surface area contributed by atoms with Crippen molar-refractivity contribution in [3.8, 4) is 0 Å². The second kappa shape index (κ2) is 18.1. The number of amides is 1. The van der Waals surface area contributed by atoms with E-state index in [-0.39, 0.29) is 116 Å². The molecule has 1 amide bonds. The van der Waals surface area contributed by atoms with Crippen LogP contribution >= 0.6 is 34.9 Å². The summed E-state index contributed by atoms with van der Waals surface area (Å²) >= 11 is 3.16. The topological polar surface area (TPSA) is 227 Å². The maximum Gasteiger partial charge on any atom is 1.00 e. The fourth-order valence-corrected chi connectivity index (χ4v) is 9.32. The SMILES string of the molecule is CC(C)(ON=C(C(=O)N[C@@H]1CN2C(C(=O)[O-])=C(CSC(=O)c3cn(C4CC4)c4cc(N5CCNCC5)c(F)cc4c3=O)CS[C@H]12)c1csc(N)n1)C(=O)[O-].[Na+].[Na+]. The summed E-state index contributed by atoms with van der Waals surface area (Å²) in [6.07, 6.45) is 3.26. The average molecular weight is 845 g/mol. The molecule has 4 N–H and O–H groups in total. The van der Waals surface area contributed by atoms with Gasteiger partial charge in [0.2, 0.25) is 10.5 Å². The Morgan fingerprint density at radius 1 is 1.18 bits per heavy atom. The number of pyridine rings is 1. The second-order valence-electron chi connectivity index (χ2n) is 13.7. The Kier molecular flexibility index (Phi) is 14.4. The van der Waals surface area contributed by atoms with Gasteiger partial charge in [-0.1, -0.05) is 16.9 Å². The van der Waals surface area contributed by atoms with E-state index in [1.54, 1.807) is 17.2 Å². The molecule has 4 aliphatic rings. The molecule has 16 nitrogen and oxygen atoms in total. The molecule has 2 saturated heterocycles. The molecule has 3 aliphatic heterocycles. The number of piperazine rings is 1. The first-order chi connectivity index (χ1) is 25.7. The molecule has 1 aromatic carbocycles. The van der Waals surface area contributed by atoms with Crippen LogP contribution in [0.1, 0.15) is 48.8 Å². The van der Waals surface area contributed by atoms with Gasteiger partial charge >= 0.3 is 59.1 Å². The van der Waals surface area contributed by atoms with Gasteiger partial charge < -0.3 is 55.4 Å². The molecule has 22 heteroatoms. The number of hydrogen-bond donors (Lipinski definition) is 3. The largest absolute Gasteiger partial charge is 1.00 e. The molecular weight excluding hydrogens is 810 g/mol. The van der Waals surface area contributed by atoms with Crippen LogP contribution in [0.25, 0.3) is 10.9 Å². The molecule has 2 aromatic heterocycles. The molecule has 56 heavy (non-hydrogen) atoms. The Bertz CT molecular complexity index is 2190. The van der Waals surface area contributed by atoms with Gasteiger partial charge in [0.15, 0.2) is 16.4 Å². The number of thiazole rings is 1. The third-order valence-corrected chi connectivity index (χ3v) is 12.6. The smallest absolute Gasteiger partial charge is 0.546 e. The van der Waals surface area contributed by atoms with Gasteiger partial charge in [0.1, 0.15) is 11.5 Å². The number of oxime groups is 1. The van der Waals surface area contributed by atoms with Gasteiger partial charge in [0, 0.05) is 67.2 Å². The van der Waals surface area contributed by atoms with E-state index in [0.717, 1.165) is 35.9 Å². The van der Waals surface area contributed by atoms with Crippen molar-refractivity contribution in [3.63, 3.8) is 0 Å². The van der Waals surface area contributed by atoms with Crippen LogP contribution in [-0.2, 0) is 19.2 Å². The van der Waals surface area contributed by atoms with Crippen LogP contribution in [-0.4, -0.2) is 104 Å². The van der Waals surface area contributed by atoms with E-state index in [4.69, 9.17) is 10.6 Å². The minimum atomic E-state index is -1.86.